The van der Waals surface area contributed by atoms with Gasteiger partial charge in [-0.05, 0) is 68.1 Å². The Hall–Kier alpha value is -2.49. The highest BCUT2D eigenvalue weighted by Crippen LogP contribution is 2.16. The Balaban J connectivity index is 1.79. The van der Waals surface area contributed by atoms with Crippen molar-refractivity contribution in [2.75, 3.05) is 13.2 Å². The van der Waals surface area contributed by atoms with E-state index in [9.17, 15) is 4.79 Å². The lowest BCUT2D eigenvalue weighted by atomic mass is 10.1. The molecule has 0 heterocycles. The van der Waals surface area contributed by atoms with E-state index in [2.05, 4.69) is 11.4 Å². The molecule has 134 valence electrons. The van der Waals surface area contributed by atoms with Gasteiger partial charge in [-0.25, -0.2) is 0 Å². The van der Waals surface area contributed by atoms with E-state index in [1.807, 2.05) is 64.1 Å². The first-order valence-electron chi connectivity index (χ1n) is 8.70. The molecule has 0 fully saturated rings. The predicted octanol–water partition coefficient (Wildman–Crippen LogP) is 3.96. The Bertz CT molecular complexity index is 692. The van der Waals surface area contributed by atoms with Crippen LogP contribution in [0.25, 0.3) is 0 Å². The van der Waals surface area contributed by atoms with Gasteiger partial charge >= 0.3 is 0 Å². The van der Waals surface area contributed by atoms with Crippen molar-refractivity contribution in [1.82, 2.24) is 5.32 Å². The summed E-state index contributed by atoms with van der Waals surface area (Å²) < 4.78 is 11.5. The third-order valence-electron chi connectivity index (χ3n) is 3.80. The average Bonchev–Trinajstić information content (AvgIpc) is 2.55. The van der Waals surface area contributed by atoms with Crippen molar-refractivity contribution >= 4 is 5.91 Å². The van der Waals surface area contributed by atoms with Gasteiger partial charge in [-0.15, -0.1) is 0 Å². The highest BCUT2D eigenvalue weighted by Gasteiger charge is 2.17. The minimum atomic E-state index is -0.497. The van der Waals surface area contributed by atoms with Crippen LogP contribution < -0.4 is 14.8 Å². The Morgan fingerprint density at radius 2 is 1.68 bits per heavy atom. The maximum absolute atomic E-state index is 12.3. The van der Waals surface area contributed by atoms with Crippen molar-refractivity contribution in [2.24, 2.45) is 0 Å². The number of amides is 1. The van der Waals surface area contributed by atoms with Gasteiger partial charge in [-0.3, -0.25) is 4.79 Å². The molecule has 0 aliphatic rings. The van der Waals surface area contributed by atoms with E-state index in [0.717, 1.165) is 22.4 Å². The summed E-state index contributed by atoms with van der Waals surface area (Å²) in [5, 5.41) is 2.88. The zero-order valence-corrected chi connectivity index (χ0v) is 15.5. The summed E-state index contributed by atoms with van der Waals surface area (Å²) in [6.45, 7) is 8.88. The molecule has 1 atom stereocenters. The number of carbonyl (C=O) groups excluding carboxylic acids is 1. The van der Waals surface area contributed by atoms with Crippen LogP contribution in [-0.2, 0) is 4.79 Å². The largest absolute Gasteiger partial charge is 0.492 e. The molecular formula is C21H27NO3. The minimum absolute atomic E-state index is 0.118. The first kappa shape index (κ1) is 18.8. The number of nitrogens with one attached hydrogen (secondary N) is 1. The van der Waals surface area contributed by atoms with Gasteiger partial charge in [0, 0.05) is 0 Å². The molecule has 1 N–H and O–H groups in total. The van der Waals surface area contributed by atoms with Crippen LogP contribution in [0, 0.1) is 20.8 Å². The summed E-state index contributed by atoms with van der Waals surface area (Å²) >= 11 is 0. The average molecular weight is 341 g/mol. The van der Waals surface area contributed by atoms with Crippen LogP contribution in [0.4, 0.5) is 0 Å². The normalized spacial score (nSPS) is 11.7. The fourth-order valence-corrected chi connectivity index (χ4v) is 2.65. The van der Waals surface area contributed by atoms with Gasteiger partial charge in [0.1, 0.15) is 18.1 Å². The molecular weight excluding hydrogens is 314 g/mol. The zero-order valence-electron chi connectivity index (χ0n) is 15.5. The molecule has 0 aliphatic heterocycles. The Morgan fingerprint density at radius 1 is 1.00 bits per heavy atom. The lowest BCUT2D eigenvalue weighted by Crippen LogP contribution is -2.39. The number of hydrogen-bond donors (Lipinski definition) is 1. The van der Waals surface area contributed by atoms with Crippen LogP contribution in [0.2, 0.25) is 0 Å². The van der Waals surface area contributed by atoms with E-state index in [-0.39, 0.29) is 5.91 Å². The van der Waals surface area contributed by atoms with Crippen LogP contribution in [0.3, 0.4) is 0 Å². The van der Waals surface area contributed by atoms with Gasteiger partial charge < -0.3 is 14.8 Å². The van der Waals surface area contributed by atoms with Gasteiger partial charge in [0.15, 0.2) is 6.10 Å². The number of hydrogen-bond acceptors (Lipinski definition) is 3. The summed E-state index contributed by atoms with van der Waals surface area (Å²) in [5.74, 6) is 1.43. The smallest absolute Gasteiger partial charge is 0.261 e. The molecule has 1 amide bonds. The van der Waals surface area contributed by atoms with Crippen molar-refractivity contribution in [1.29, 1.82) is 0 Å². The Kier molecular flexibility index (Phi) is 6.87. The lowest BCUT2D eigenvalue weighted by Gasteiger charge is -2.17. The monoisotopic (exact) mass is 341 g/mol. The molecule has 0 bridgehead atoms. The van der Waals surface area contributed by atoms with Crippen molar-refractivity contribution in [3.63, 3.8) is 0 Å². The summed E-state index contributed by atoms with van der Waals surface area (Å²) in [7, 11) is 0. The van der Waals surface area contributed by atoms with Gasteiger partial charge in [0.05, 0.1) is 6.54 Å². The molecule has 2 aromatic rings. The SMILES string of the molecule is CC[C@@H](Oc1cccc(C)c1)C(=O)NCCOc1cc(C)cc(C)c1. The van der Waals surface area contributed by atoms with Gasteiger partial charge in [-0.2, -0.15) is 0 Å². The van der Waals surface area contributed by atoms with Crippen LogP contribution in [0.5, 0.6) is 11.5 Å². The van der Waals surface area contributed by atoms with Crippen molar-refractivity contribution in [3.8, 4) is 11.5 Å². The van der Waals surface area contributed by atoms with Crippen LogP contribution in [-0.4, -0.2) is 25.2 Å². The second-order valence-electron chi connectivity index (χ2n) is 6.29. The fourth-order valence-electron chi connectivity index (χ4n) is 2.65. The van der Waals surface area contributed by atoms with E-state index < -0.39 is 6.10 Å². The molecule has 25 heavy (non-hydrogen) atoms. The molecule has 4 heteroatoms. The first-order valence-corrected chi connectivity index (χ1v) is 8.70. The van der Waals surface area contributed by atoms with Crippen LogP contribution in [0.1, 0.15) is 30.0 Å². The number of rotatable bonds is 8. The number of ether oxygens (including phenoxy) is 2. The summed E-state index contributed by atoms with van der Waals surface area (Å²) in [5.41, 5.74) is 3.43. The minimum Gasteiger partial charge on any atom is -0.492 e. The lowest BCUT2D eigenvalue weighted by molar-refractivity contribution is -0.128. The third-order valence-corrected chi connectivity index (χ3v) is 3.80. The number of benzene rings is 2. The molecule has 2 aromatic carbocycles. The van der Waals surface area contributed by atoms with E-state index in [1.54, 1.807) is 0 Å². The number of carbonyl (C=O) groups is 1. The van der Waals surface area contributed by atoms with Crippen LogP contribution in [0.15, 0.2) is 42.5 Å². The van der Waals surface area contributed by atoms with E-state index in [0.29, 0.717) is 25.3 Å². The van der Waals surface area contributed by atoms with Crippen molar-refractivity contribution < 1.29 is 14.3 Å². The fraction of sp³-hybridized carbons (Fsp3) is 0.381. The third kappa shape index (κ3) is 6.14. The Labute approximate surface area is 150 Å². The van der Waals surface area contributed by atoms with Crippen molar-refractivity contribution in [3.05, 3.63) is 59.2 Å². The molecule has 0 spiro atoms. The summed E-state index contributed by atoms with van der Waals surface area (Å²) in [6, 6.07) is 13.8. The highest BCUT2D eigenvalue weighted by atomic mass is 16.5. The van der Waals surface area contributed by atoms with E-state index in [1.165, 1.54) is 0 Å². The topological polar surface area (TPSA) is 47.6 Å². The maximum atomic E-state index is 12.3. The Morgan fingerprint density at radius 3 is 2.32 bits per heavy atom. The first-order chi connectivity index (χ1) is 12.0. The molecule has 0 aliphatic carbocycles. The molecule has 0 saturated carbocycles. The predicted molar refractivity (Wildman–Crippen MR) is 100 cm³/mol. The second-order valence-corrected chi connectivity index (χ2v) is 6.29. The quantitative estimate of drug-likeness (QED) is 0.739. The molecule has 0 aromatic heterocycles. The van der Waals surface area contributed by atoms with E-state index >= 15 is 0 Å². The van der Waals surface area contributed by atoms with Crippen molar-refractivity contribution in [2.45, 2.75) is 40.2 Å². The summed E-state index contributed by atoms with van der Waals surface area (Å²) in [4.78, 5) is 12.3. The van der Waals surface area contributed by atoms with Crippen LogP contribution >= 0.6 is 0 Å². The standard InChI is InChI=1S/C21H27NO3/c1-5-20(25-18-8-6-7-15(2)12-18)21(23)22-9-10-24-19-13-16(3)11-17(4)14-19/h6-8,11-14,20H,5,9-10H2,1-4H3,(H,22,23)/t20-/m1/s1. The van der Waals surface area contributed by atoms with Gasteiger partial charge in [-0.1, -0.05) is 25.1 Å². The van der Waals surface area contributed by atoms with Gasteiger partial charge in [0.25, 0.3) is 5.91 Å². The summed E-state index contributed by atoms with van der Waals surface area (Å²) in [6.07, 6.45) is 0.112. The molecule has 4 nitrogen and oxygen atoms in total. The molecule has 0 unspecified atom stereocenters. The van der Waals surface area contributed by atoms with E-state index in [4.69, 9.17) is 9.47 Å². The zero-order chi connectivity index (χ0) is 18.2. The molecule has 2 rings (SSSR count). The molecule has 0 radical (unpaired) electrons. The molecule has 0 saturated heterocycles. The number of aryl methyl sites for hydroxylation is 3. The highest BCUT2D eigenvalue weighted by molar-refractivity contribution is 5.81. The van der Waals surface area contributed by atoms with Gasteiger partial charge in [0.2, 0.25) is 0 Å². The maximum Gasteiger partial charge on any atom is 0.261 e. The second kappa shape index (κ2) is 9.11.